The molecule has 0 heterocycles. The van der Waals surface area contributed by atoms with Crippen LogP contribution in [0.3, 0.4) is 0 Å². The van der Waals surface area contributed by atoms with Crippen LogP contribution in [0.25, 0.3) is 0 Å². The van der Waals surface area contributed by atoms with E-state index in [9.17, 15) is 25.9 Å². The normalized spacial score (nSPS) is 11.5. The molecule has 0 fully saturated rings. The van der Waals surface area contributed by atoms with Gasteiger partial charge in [-0.2, -0.15) is 0 Å². The van der Waals surface area contributed by atoms with E-state index < -0.39 is 38.2 Å². The number of rotatable bonds is 39. The minimum atomic E-state index is -4.14. The maximum atomic E-state index is 12.6. The molecule has 0 atom stereocenters. The van der Waals surface area contributed by atoms with Gasteiger partial charge < -0.3 is 10.2 Å². The van der Waals surface area contributed by atoms with E-state index in [1.807, 2.05) is 0 Å². The Morgan fingerprint density at radius 1 is 0.415 bits per heavy atom. The Hall–Kier alpha value is -1.51. The molecule has 0 radical (unpaired) electrons. The van der Waals surface area contributed by atoms with E-state index in [2.05, 4.69) is 13.8 Å². The van der Waals surface area contributed by atoms with Crippen molar-refractivity contribution in [1.82, 2.24) is 0 Å². The quantitative estimate of drug-likeness (QED) is 0.0504. The number of halogens is 1. The van der Waals surface area contributed by atoms with Crippen molar-refractivity contribution < 1.29 is 25.9 Å². The molecule has 0 aromatic heterocycles. The zero-order valence-electron chi connectivity index (χ0n) is 34.4. The highest BCUT2D eigenvalue weighted by Crippen LogP contribution is 2.34. The van der Waals surface area contributed by atoms with Gasteiger partial charge in [0.15, 0.2) is 0 Å². The molecule has 0 aliphatic carbocycles. The second kappa shape index (κ2) is 34.9. The maximum Gasteiger partial charge on any atom is 0.341 e. The summed E-state index contributed by atoms with van der Waals surface area (Å²) in [5.74, 6) is -2.16. The number of carboxylic acid groups (broad SMARTS) is 2. The van der Waals surface area contributed by atoms with Crippen molar-refractivity contribution >= 4 is 31.7 Å². The van der Waals surface area contributed by atoms with Crippen LogP contribution in [-0.2, 0) is 41.4 Å². The second-order valence-electron chi connectivity index (χ2n) is 15.9. The van der Waals surface area contributed by atoms with Gasteiger partial charge in [-0.15, -0.1) is 0 Å². The molecule has 7 heteroatoms. The number of hydrogen-bond acceptors (Lipinski definition) is 4. The fourth-order valence-corrected chi connectivity index (χ4v) is 9.91. The Morgan fingerprint density at radius 2 is 0.717 bits per heavy atom. The number of aryl methyl sites for hydroxylation is 1. The molecule has 0 bridgehead atoms. The fraction of sp³-hybridized carbons (Fsp3) is 0.826. The zero-order valence-corrected chi connectivity index (χ0v) is 36.6. The largest absolute Gasteiger partial charge is 0.481 e. The highest BCUT2D eigenvalue weighted by Gasteiger charge is 2.24. The molecular formula is C46H81IO6. The average molecular weight is 857 g/mol. The van der Waals surface area contributed by atoms with Crippen molar-refractivity contribution in [2.45, 2.75) is 245 Å². The van der Waals surface area contributed by atoms with E-state index in [1.54, 1.807) is 6.07 Å². The Kier molecular flexibility index (Phi) is 32.6. The molecule has 0 aliphatic rings. The highest BCUT2D eigenvalue weighted by atomic mass is 127. The molecule has 1 aromatic carbocycles. The summed E-state index contributed by atoms with van der Waals surface area (Å²) in [4.78, 5) is 23.7. The molecule has 2 N–H and O–H groups in total. The van der Waals surface area contributed by atoms with Crippen molar-refractivity contribution in [1.29, 1.82) is 0 Å². The summed E-state index contributed by atoms with van der Waals surface area (Å²) in [6.45, 7) is 4.53. The molecule has 0 spiro atoms. The van der Waals surface area contributed by atoms with Gasteiger partial charge in [0.1, 0.15) is 0 Å². The average Bonchev–Trinajstić information content (AvgIpc) is 3.11. The van der Waals surface area contributed by atoms with Gasteiger partial charge in [0.05, 0.1) is 16.4 Å². The number of unbranched alkanes of at least 4 members (excludes halogenated alkanes) is 30. The second-order valence-corrected chi connectivity index (χ2v) is 18.2. The molecule has 1 aromatic rings. The van der Waals surface area contributed by atoms with Gasteiger partial charge in [0.2, 0.25) is 0 Å². The van der Waals surface area contributed by atoms with Crippen LogP contribution in [0, 0.1) is 3.57 Å². The maximum absolute atomic E-state index is 12.6. The van der Waals surface area contributed by atoms with Crippen LogP contribution < -0.4 is 0 Å². The first-order chi connectivity index (χ1) is 25.8. The number of carboxylic acids is 2. The third kappa shape index (κ3) is 26.9. The first-order valence-electron chi connectivity index (χ1n) is 22.5. The van der Waals surface area contributed by atoms with Crippen molar-refractivity contribution in [3.8, 4) is 0 Å². The predicted molar refractivity (Wildman–Crippen MR) is 230 cm³/mol. The van der Waals surface area contributed by atoms with Crippen molar-refractivity contribution in [3.05, 3.63) is 31.9 Å². The lowest BCUT2D eigenvalue weighted by Crippen LogP contribution is -2.14. The Bertz CT molecular complexity index is 1140. The van der Waals surface area contributed by atoms with Gasteiger partial charge in [-0.05, 0) is 47.9 Å². The molecule has 53 heavy (non-hydrogen) atoms. The molecule has 0 saturated heterocycles. The summed E-state index contributed by atoms with van der Waals surface area (Å²) in [6, 6.07) is 1.79. The summed E-state index contributed by atoms with van der Waals surface area (Å²) in [6.07, 6.45) is 41.7. The van der Waals surface area contributed by atoms with Crippen LogP contribution in [-0.4, -0.2) is 22.2 Å². The summed E-state index contributed by atoms with van der Waals surface area (Å²) >= 11 is -4.14. The van der Waals surface area contributed by atoms with Crippen LogP contribution in [0.2, 0.25) is 0 Å². The van der Waals surface area contributed by atoms with Gasteiger partial charge in [0.25, 0.3) is 0 Å². The summed E-state index contributed by atoms with van der Waals surface area (Å²) < 4.78 is 25.1. The topological polar surface area (TPSA) is 109 Å². The van der Waals surface area contributed by atoms with Crippen LogP contribution in [0.5, 0.6) is 0 Å². The van der Waals surface area contributed by atoms with Crippen LogP contribution in [0.4, 0.5) is 0 Å². The summed E-state index contributed by atoms with van der Waals surface area (Å²) in [5.41, 5.74) is 2.45. The first-order valence-corrected chi connectivity index (χ1v) is 25.3. The SMILES string of the molecule is CCCCCCCCCCCCCCCCCCc1cc(CC(=O)O)c(I(=O)=O)c(CC(=O)O)c1CCCCCCCCCCCCCCCCCC. The highest BCUT2D eigenvalue weighted by molar-refractivity contribution is 14.2. The van der Waals surface area contributed by atoms with Crippen LogP contribution in [0.15, 0.2) is 6.07 Å². The molecule has 0 saturated carbocycles. The third-order valence-corrected chi connectivity index (χ3v) is 13.3. The minimum Gasteiger partial charge on any atom is -0.481 e. The number of aliphatic carboxylic acids is 2. The summed E-state index contributed by atoms with van der Waals surface area (Å²) in [5, 5.41) is 19.4. The smallest absolute Gasteiger partial charge is 0.341 e. The van der Waals surface area contributed by atoms with E-state index in [1.165, 1.54) is 167 Å². The lowest BCUT2D eigenvalue weighted by molar-refractivity contribution is -0.137. The standard InChI is InChI=1S/C46H81IO6/c1-3-5-7-9-11-13-15-17-19-21-23-25-27-29-31-33-35-40-37-41(38-44(48)49)46(47(52)53)43(39-45(50)51)42(40)36-34-32-30-28-26-24-22-20-18-16-14-12-10-8-6-4-2/h37H,3-36,38-39H2,1-2H3,(H,48,49)(H,50,51). The van der Waals surface area contributed by atoms with E-state index in [-0.39, 0.29) is 15.6 Å². The van der Waals surface area contributed by atoms with Crippen molar-refractivity contribution in [3.63, 3.8) is 0 Å². The van der Waals surface area contributed by atoms with Crippen molar-refractivity contribution in [2.75, 3.05) is 0 Å². The number of benzene rings is 1. The van der Waals surface area contributed by atoms with E-state index >= 15 is 0 Å². The minimum absolute atomic E-state index is 0.0150. The summed E-state index contributed by atoms with van der Waals surface area (Å²) in [7, 11) is 0. The molecule has 6 nitrogen and oxygen atoms in total. The third-order valence-electron chi connectivity index (χ3n) is 11.1. The van der Waals surface area contributed by atoms with E-state index in [0.29, 0.717) is 12.0 Å². The first kappa shape index (κ1) is 49.5. The van der Waals surface area contributed by atoms with Gasteiger partial charge >= 0.3 is 31.7 Å². The fourth-order valence-electron chi connectivity index (χ4n) is 7.95. The Morgan fingerprint density at radius 3 is 1.02 bits per heavy atom. The molecular weight excluding hydrogens is 775 g/mol. The van der Waals surface area contributed by atoms with Gasteiger partial charge in [-0.1, -0.05) is 213 Å². The molecule has 0 amide bonds. The van der Waals surface area contributed by atoms with Crippen LogP contribution >= 0.6 is 19.8 Å². The molecule has 1 rings (SSSR count). The van der Waals surface area contributed by atoms with Crippen molar-refractivity contribution in [2.24, 2.45) is 0 Å². The number of carbonyl (C=O) groups is 2. The number of hydrogen-bond donors (Lipinski definition) is 2. The molecule has 0 aliphatic heterocycles. The van der Waals surface area contributed by atoms with Crippen LogP contribution in [0.1, 0.15) is 242 Å². The zero-order chi connectivity index (χ0) is 38.8. The lowest BCUT2D eigenvalue weighted by Gasteiger charge is -2.19. The monoisotopic (exact) mass is 857 g/mol. The lowest BCUT2D eigenvalue weighted by atomic mass is 9.88. The van der Waals surface area contributed by atoms with Gasteiger partial charge in [0, 0.05) is 0 Å². The van der Waals surface area contributed by atoms with Gasteiger partial charge in [-0.25, -0.2) is 6.14 Å². The van der Waals surface area contributed by atoms with Gasteiger partial charge in [-0.3, -0.25) is 9.59 Å². The Labute approximate surface area is 333 Å². The Balaban J connectivity index is 2.56. The molecule has 308 valence electrons. The predicted octanol–water partition coefficient (Wildman–Crippen LogP) is 14.9. The van der Waals surface area contributed by atoms with E-state index in [0.717, 1.165) is 56.1 Å². The van der Waals surface area contributed by atoms with E-state index in [4.69, 9.17) is 0 Å². The molecule has 0 unspecified atom stereocenters.